The van der Waals surface area contributed by atoms with Crippen molar-refractivity contribution in [3.8, 4) is 0 Å². The third-order valence-electron chi connectivity index (χ3n) is 4.29. The van der Waals surface area contributed by atoms with Gasteiger partial charge in [0.2, 0.25) is 0 Å². The van der Waals surface area contributed by atoms with Gasteiger partial charge in [0.1, 0.15) is 4.32 Å². The maximum atomic E-state index is 12.7. The van der Waals surface area contributed by atoms with Crippen LogP contribution in [0.1, 0.15) is 18.4 Å². The molecule has 13 heteroatoms. The van der Waals surface area contributed by atoms with Crippen LogP contribution in [0.15, 0.2) is 29.2 Å². The van der Waals surface area contributed by atoms with Gasteiger partial charge in [-0.05, 0) is 36.6 Å². The molecule has 7 nitrogen and oxygen atoms in total. The minimum atomic E-state index is -1.57. The monoisotopic (exact) mass is 534 g/mol. The van der Waals surface area contributed by atoms with Gasteiger partial charge in [0.05, 0.1) is 16.9 Å². The number of thioether (sulfide) groups is 1. The van der Waals surface area contributed by atoms with E-state index in [4.69, 9.17) is 35.4 Å². The number of halogens is 2. The number of thiocarbonyl (C=S) groups is 1. The van der Waals surface area contributed by atoms with E-state index in [-0.39, 0.29) is 74.8 Å². The molecule has 2 rings (SSSR count). The number of carboxylic acid groups (broad SMARTS) is 2. The number of carbonyl (C=O) groups is 3. The largest absolute Gasteiger partial charge is 1.00 e. The van der Waals surface area contributed by atoms with Gasteiger partial charge in [0.15, 0.2) is 0 Å². The van der Waals surface area contributed by atoms with Crippen LogP contribution in [0.25, 0.3) is 6.08 Å². The minimum absolute atomic E-state index is 0. The van der Waals surface area contributed by atoms with Crippen molar-refractivity contribution in [2.75, 3.05) is 29.7 Å². The van der Waals surface area contributed by atoms with Crippen molar-refractivity contribution >= 4 is 81.1 Å². The minimum Gasteiger partial charge on any atom is -0.550 e. The maximum Gasteiger partial charge on any atom is 1.00 e. The van der Waals surface area contributed by atoms with E-state index < -0.39 is 30.3 Å². The van der Waals surface area contributed by atoms with Crippen LogP contribution < -0.4 is 74.2 Å². The molecule has 1 aliphatic heterocycles. The number of nitrogens with zero attached hydrogens (tertiary/aromatic N) is 2. The summed E-state index contributed by atoms with van der Waals surface area (Å²) in [6.45, 7) is 1.28. The molecule has 1 fully saturated rings. The maximum absolute atomic E-state index is 12.7. The molecule has 0 bridgehead atoms. The zero-order valence-electron chi connectivity index (χ0n) is 17.7. The molecule has 1 amide bonds. The van der Waals surface area contributed by atoms with E-state index in [1.807, 2.05) is 29.2 Å². The van der Waals surface area contributed by atoms with Crippen molar-refractivity contribution in [2.45, 2.75) is 18.9 Å². The average molecular weight is 535 g/mol. The molecule has 162 valence electrons. The van der Waals surface area contributed by atoms with Crippen LogP contribution in [0.5, 0.6) is 0 Å². The zero-order chi connectivity index (χ0) is 22.3. The molecule has 0 spiro atoms. The third-order valence-corrected chi connectivity index (χ3v) is 5.96. The number of anilines is 1. The van der Waals surface area contributed by atoms with E-state index in [0.29, 0.717) is 24.8 Å². The number of hydrogen-bond acceptors (Lipinski definition) is 8. The van der Waals surface area contributed by atoms with Crippen molar-refractivity contribution in [3.05, 3.63) is 34.7 Å². The van der Waals surface area contributed by atoms with Gasteiger partial charge >= 0.3 is 59.1 Å². The standard InChI is InChI=1S/C19H20Cl2N2O5S2.2Na/c20-7-9-22(10-8-21)13-3-1-12(2-4-13)11-15-17(26)23(19(29)30-15)14(18(27)28)5-6-16(24)25;;/h1-4,11,14H,5-10H2,(H,24,25)(H,27,28);;/q;2*+1/p-2/b15-11+;;. The Balaban J connectivity index is 0.00000480. The van der Waals surface area contributed by atoms with Gasteiger partial charge < -0.3 is 24.7 Å². The van der Waals surface area contributed by atoms with E-state index >= 15 is 0 Å². The summed E-state index contributed by atoms with van der Waals surface area (Å²) in [5.74, 6) is -2.68. The van der Waals surface area contributed by atoms with Crippen LogP contribution in [0.4, 0.5) is 5.69 Å². The van der Waals surface area contributed by atoms with Crippen LogP contribution >= 0.6 is 47.2 Å². The topological polar surface area (TPSA) is 104 Å². The van der Waals surface area contributed by atoms with Crippen LogP contribution in [0.2, 0.25) is 0 Å². The molecule has 1 heterocycles. The summed E-state index contributed by atoms with van der Waals surface area (Å²) in [5.41, 5.74) is 1.65. The first kappa shape index (κ1) is 32.2. The van der Waals surface area contributed by atoms with Gasteiger partial charge in [0.25, 0.3) is 5.91 Å². The average Bonchev–Trinajstić information content (AvgIpc) is 2.96. The van der Waals surface area contributed by atoms with Crippen molar-refractivity contribution in [3.63, 3.8) is 0 Å². The van der Waals surface area contributed by atoms with Gasteiger partial charge in [-0.15, -0.1) is 23.2 Å². The Labute approximate surface area is 250 Å². The van der Waals surface area contributed by atoms with Crippen LogP contribution in [0, 0.1) is 0 Å². The fraction of sp³-hybridized carbons (Fsp3) is 0.368. The van der Waals surface area contributed by atoms with E-state index in [0.717, 1.165) is 27.9 Å². The molecule has 1 aliphatic rings. The van der Waals surface area contributed by atoms with Gasteiger partial charge in [-0.3, -0.25) is 9.69 Å². The van der Waals surface area contributed by atoms with Crippen molar-refractivity contribution < 1.29 is 83.7 Å². The zero-order valence-corrected chi connectivity index (χ0v) is 24.9. The predicted octanol–water partition coefficient (Wildman–Crippen LogP) is -5.17. The molecule has 0 aromatic heterocycles. The third kappa shape index (κ3) is 9.09. The summed E-state index contributed by atoms with van der Waals surface area (Å²) >= 11 is 17.7. The number of carboxylic acids is 2. The number of benzene rings is 1. The summed E-state index contributed by atoms with van der Waals surface area (Å²) in [4.78, 5) is 38.0. The van der Waals surface area contributed by atoms with Crippen molar-refractivity contribution in [1.29, 1.82) is 0 Å². The normalized spacial score (nSPS) is 15.2. The summed E-state index contributed by atoms with van der Waals surface area (Å²) in [6.07, 6.45) is 0.717. The summed E-state index contributed by atoms with van der Waals surface area (Å²) in [5, 5.41) is 22.1. The number of amides is 1. The van der Waals surface area contributed by atoms with Gasteiger partial charge in [-0.1, -0.05) is 36.1 Å². The Morgan fingerprint density at radius 3 is 2.16 bits per heavy atom. The Bertz CT molecular complexity index is 853. The van der Waals surface area contributed by atoms with Gasteiger partial charge in [0, 0.05) is 36.5 Å². The quantitative estimate of drug-likeness (QED) is 0.120. The van der Waals surface area contributed by atoms with Crippen molar-refractivity contribution in [2.24, 2.45) is 0 Å². The fourth-order valence-corrected chi connectivity index (χ4v) is 4.63. The van der Waals surface area contributed by atoms with E-state index in [2.05, 4.69) is 0 Å². The Morgan fingerprint density at radius 2 is 1.69 bits per heavy atom. The molecular formula is C19H18Cl2N2Na2O5S2. The van der Waals surface area contributed by atoms with Crippen LogP contribution in [-0.4, -0.2) is 58.0 Å². The summed E-state index contributed by atoms with van der Waals surface area (Å²) in [7, 11) is 0. The molecule has 0 saturated carbocycles. The number of aliphatic carboxylic acids is 2. The SMILES string of the molecule is O=C([O-])CCC(C(=O)[O-])N1C(=O)/C(=C\c2ccc(N(CCCl)CCCl)cc2)SC1=S.[Na+].[Na+]. The number of rotatable bonds is 11. The Morgan fingerprint density at radius 1 is 1.12 bits per heavy atom. The Hall–Kier alpha value is 0.190. The van der Waals surface area contributed by atoms with Gasteiger partial charge in [-0.2, -0.15) is 0 Å². The summed E-state index contributed by atoms with van der Waals surface area (Å²) in [6, 6.07) is 5.89. The molecule has 0 N–H and O–H groups in total. The first-order valence-electron chi connectivity index (χ1n) is 8.93. The smallest absolute Gasteiger partial charge is 0.550 e. The predicted molar refractivity (Wildman–Crippen MR) is 118 cm³/mol. The van der Waals surface area contributed by atoms with E-state index in [1.54, 1.807) is 6.08 Å². The van der Waals surface area contributed by atoms with Crippen molar-refractivity contribution in [1.82, 2.24) is 4.90 Å². The Kier molecular flexibility index (Phi) is 16.1. The number of hydrogen-bond donors (Lipinski definition) is 0. The molecule has 0 radical (unpaired) electrons. The van der Waals surface area contributed by atoms with E-state index in [9.17, 15) is 24.6 Å². The fourth-order valence-electron chi connectivity index (χ4n) is 2.86. The second-order valence-electron chi connectivity index (χ2n) is 6.25. The summed E-state index contributed by atoms with van der Waals surface area (Å²) < 4.78 is 0.0332. The second-order valence-corrected chi connectivity index (χ2v) is 8.69. The molecule has 0 aliphatic carbocycles. The van der Waals surface area contributed by atoms with E-state index in [1.165, 1.54) is 0 Å². The molecule has 1 aromatic carbocycles. The molecule has 1 aromatic rings. The van der Waals surface area contributed by atoms with Crippen LogP contribution in [0.3, 0.4) is 0 Å². The first-order chi connectivity index (χ1) is 14.3. The van der Waals surface area contributed by atoms with Gasteiger partial charge in [-0.25, -0.2) is 0 Å². The molecule has 32 heavy (non-hydrogen) atoms. The second kappa shape index (κ2) is 16.0. The molecule has 1 atom stereocenters. The number of alkyl halides is 2. The molecular weight excluding hydrogens is 517 g/mol. The first-order valence-corrected chi connectivity index (χ1v) is 11.2. The van der Waals surface area contributed by atoms with Crippen LogP contribution in [-0.2, 0) is 14.4 Å². The molecule has 1 saturated heterocycles. The molecule has 1 unspecified atom stereocenters. The number of carbonyl (C=O) groups excluding carboxylic acids is 3.